The molecule has 140 valence electrons. The lowest BCUT2D eigenvalue weighted by atomic mass is 10.2. The number of hydrogen-bond acceptors (Lipinski definition) is 6. The lowest BCUT2D eigenvalue weighted by Gasteiger charge is -2.24. The number of aryl methyl sites for hydroxylation is 1. The quantitative estimate of drug-likeness (QED) is 0.540. The van der Waals surface area contributed by atoms with E-state index in [2.05, 4.69) is 0 Å². The van der Waals surface area contributed by atoms with Crippen LogP contribution in [0.25, 0.3) is 0 Å². The van der Waals surface area contributed by atoms with Gasteiger partial charge in [-0.2, -0.15) is 0 Å². The van der Waals surface area contributed by atoms with Crippen LogP contribution >= 0.6 is 0 Å². The summed E-state index contributed by atoms with van der Waals surface area (Å²) >= 11 is 0. The summed E-state index contributed by atoms with van der Waals surface area (Å²) in [5, 5.41) is 11.1. The maximum Gasteiger partial charge on any atom is 0.273 e. The predicted molar refractivity (Wildman–Crippen MR) is 97.6 cm³/mol. The first kappa shape index (κ1) is 19.5. The third-order valence-corrected chi connectivity index (χ3v) is 5.81. The summed E-state index contributed by atoms with van der Waals surface area (Å²) in [6.07, 6.45) is 0. The zero-order chi connectivity index (χ0) is 19.5. The largest absolute Gasteiger partial charge is 0.493 e. The molecule has 0 aromatic heterocycles. The summed E-state index contributed by atoms with van der Waals surface area (Å²) in [5.74, 6) is 0.851. The van der Waals surface area contributed by atoms with E-state index in [0.717, 1.165) is 10.4 Å². The SMILES string of the molecule is CCN(c1ccc(OC)c(OC)c1)S(=O)(=O)c1ccc(C)c([N+](=O)[O-])c1. The van der Waals surface area contributed by atoms with Crippen molar-refractivity contribution in [1.29, 1.82) is 0 Å². The van der Waals surface area contributed by atoms with Gasteiger partial charge in [0.2, 0.25) is 0 Å². The molecular formula is C17H20N2O6S. The second-order valence-corrected chi connectivity index (χ2v) is 7.28. The van der Waals surface area contributed by atoms with Crippen molar-refractivity contribution in [3.05, 3.63) is 52.1 Å². The van der Waals surface area contributed by atoms with Crippen LogP contribution in [0.5, 0.6) is 11.5 Å². The molecule has 2 aromatic carbocycles. The highest BCUT2D eigenvalue weighted by atomic mass is 32.2. The van der Waals surface area contributed by atoms with E-state index in [0.29, 0.717) is 22.7 Å². The standard InChI is InChI=1S/C17H20N2O6S/c1-5-18(13-7-9-16(24-3)17(10-13)25-4)26(22,23)14-8-6-12(2)15(11-14)19(20)21/h6-11H,5H2,1-4H3. The number of hydrogen-bond donors (Lipinski definition) is 0. The minimum atomic E-state index is -3.99. The highest BCUT2D eigenvalue weighted by molar-refractivity contribution is 7.92. The molecule has 2 aromatic rings. The summed E-state index contributed by atoms with van der Waals surface area (Å²) in [7, 11) is -1.05. The van der Waals surface area contributed by atoms with Crippen molar-refractivity contribution in [3.63, 3.8) is 0 Å². The molecule has 0 bridgehead atoms. The number of ether oxygens (including phenoxy) is 2. The van der Waals surface area contributed by atoms with Gasteiger partial charge in [0.15, 0.2) is 11.5 Å². The number of rotatable bonds is 7. The summed E-state index contributed by atoms with van der Waals surface area (Å²) in [4.78, 5) is 10.4. The number of anilines is 1. The van der Waals surface area contributed by atoms with Crippen LogP contribution in [0.15, 0.2) is 41.3 Å². The van der Waals surface area contributed by atoms with Crippen LogP contribution in [0, 0.1) is 17.0 Å². The van der Waals surface area contributed by atoms with Gasteiger partial charge in [-0.15, -0.1) is 0 Å². The van der Waals surface area contributed by atoms with Gasteiger partial charge in [-0.25, -0.2) is 8.42 Å². The third-order valence-electron chi connectivity index (χ3n) is 3.91. The average Bonchev–Trinajstić information content (AvgIpc) is 2.61. The molecule has 0 fully saturated rings. The molecule has 0 aliphatic rings. The molecule has 2 rings (SSSR count). The van der Waals surface area contributed by atoms with Gasteiger partial charge in [0, 0.05) is 24.2 Å². The van der Waals surface area contributed by atoms with Gasteiger partial charge in [0.05, 0.1) is 29.7 Å². The maximum absolute atomic E-state index is 13.0. The first-order valence-corrected chi connectivity index (χ1v) is 9.20. The van der Waals surface area contributed by atoms with E-state index in [1.165, 1.54) is 26.4 Å². The predicted octanol–water partition coefficient (Wildman–Crippen LogP) is 3.14. The molecule has 0 aliphatic heterocycles. The fraction of sp³-hybridized carbons (Fsp3) is 0.294. The Morgan fingerprint density at radius 2 is 1.73 bits per heavy atom. The number of nitro benzene ring substituents is 1. The van der Waals surface area contributed by atoms with Crippen molar-refractivity contribution < 1.29 is 22.8 Å². The van der Waals surface area contributed by atoms with Crippen molar-refractivity contribution in [2.24, 2.45) is 0 Å². The summed E-state index contributed by atoms with van der Waals surface area (Å²) < 4.78 is 37.6. The van der Waals surface area contributed by atoms with E-state index in [4.69, 9.17) is 9.47 Å². The zero-order valence-electron chi connectivity index (χ0n) is 14.9. The molecule has 0 spiro atoms. The topological polar surface area (TPSA) is 99.0 Å². The minimum Gasteiger partial charge on any atom is -0.493 e. The zero-order valence-corrected chi connectivity index (χ0v) is 15.7. The van der Waals surface area contributed by atoms with Crippen LogP contribution in [0.4, 0.5) is 11.4 Å². The molecule has 0 aliphatic carbocycles. The molecule has 8 nitrogen and oxygen atoms in total. The molecule has 0 amide bonds. The fourth-order valence-corrected chi connectivity index (χ4v) is 4.03. The van der Waals surface area contributed by atoms with Crippen molar-refractivity contribution in [2.75, 3.05) is 25.1 Å². The molecule has 0 atom stereocenters. The lowest BCUT2D eigenvalue weighted by Crippen LogP contribution is -2.30. The monoisotopic (exact) mass is 380 g/mol. The van der Waals surface area contributed by atoms with Gasteiger partial charge in [0.1, 0.15) is 0 Å². The molecule has 0 saturated carbocycles. The lowest BCUT2D eigenvalue weighted by molar-refractivity contribution is -0.385. The Bertz CT molecular complexity index is 927. The fourth-order valence-electron chi connectivity index (χ4n) is 2.54. The van der Waals surface area contributed by atoms with Crippen molar-refractivity contribution in [3.8, 4) is 11.5 Å². The number of methoxy groups -OCH3 is 2. The van der Waals surface area contributed by atoms with E-state index in [9.17, 15) is 18.5 Å². The smallest absolute Gasteiger partial charge is 0.273 e. The molecular weight excluding hydrogens is 360 g/mol. The molecule has 0 N–H and O–H groups in total. The van der Waals surface area contributed by atoms with E-state index in [-0.39, 0.29) is 17.1 Å². The highest BCUT2D eigenvalue weighted by Gasteiger charge is 2.27. The van der Waals surface area contributed by atoms with Gasteiger partial charge in [-0.3, -0.25) is 14.4 Å². The Labute approximate surface area is 152 Å². The van der Waals surface area contributed by atoms with Crippen molar-refractivity contribution in [1.82, 2.24) is 0 Å². The van der Waals surface area contributed by atoms with Crippen LogP contribution in [0.3, 0.4) is 0 Å². The second kappa shape index (κ2) is 7.61. The van der Waals surface area contributed by atoms with Gasteiger partial charge < -0.3 is 9.47 Å². The number of nitro groups is 1. The Morgan fingerprint density at radius 1 is 1.08 bits per heavy atom. The number of benzene rings is 2. The average molecular weight is 380 g/mol. The van der Waals surface area contributed by atoms with Crippen LogP contribution in [0.1, 0.15) is 12.5 Å². The Balaban J connectivity index is 2.56. The van der Waals surface area contributed by atoms with E-state index >= 15 is 0 Å². The number of nitrogens with zero attached hydrogens (tertiary/aromatic N) is 2. The van der Waals surface area contributed by atoms with Crippen LogP contribution in [0.2, 0.25) is 0 Å². The number of sulfonamides is 1. The second-order valence-electron chi connectivity index (χ2n) is 5.41. The summed E-state index contributed by atoms with van der Waals surface area (Å²) in [6, 6.07) is 8.60. The van der Waals surface area contributed by atoms with Crippen molar-refractivity contribution >= 4 is 21.4 Å². The molecule has 0 heterocycles. The molecule has 0 unspecified atom stereocenters. The van der Waals surface area contributed by atoms with Crippen LogP contribution < -0.4 is 13.8 Å². The molecule has 26 heavy (non-hydrogen) atoms. The van der Waals surface area contributed by atoms with Gasteiger partial charge in [-0.1, -0.05) is 6.07 Å². The Kier molecular flexibility index (Phi) is 5.71. The summed E-state index contributed by atoms with van der Waals surface area (Å²) in [5.41, 5.74) is 0.519. The Hall–Kier alpha value is -2.81. The maximum atomic E-state index is 13.0. The first-order chi connectivity index (χ1) is 12.3. The molecule has 0 saturated heterocycles. The minimum absolute atomic E-state index is 0.138. The molecule has 0 radical (unpaired) electrons. The first-order valence-electron chi connectivity index (χ1n) is 7.76. The Morgan fingerprint density at radius 3 is 2.27 bits per heavy atom. The molecule has 9 heteroatoms. The van der Waals surface area contributed by atoms with E-state index in [1.807, 2.05) is 0 Å². The van der Waals surface area contributed by atoms with Crippen LogP contribution in [-0.4, -0.2) is 34.1 Å². The third kappa shape index (κ3) is 3.57. The summed E-state index contributed by atoms with van der Waals surface area (Å²) in [6.45, 7) is 3.37. The normalized spacial score (nSPS) is 11.1. The highest BCUT2D eigenvalue weighted by Crippen LogP contribution is 2.34. The van der Waals surface area contributed by atoms with E-state index in [1.54, 1.807) is 32.0 Å². The van der Waals surface area contributed by atoms with Gasteiger partial charge in [-0.05, 0) is 32.0 Å². The van der Waals surface area contributed by atoms with E-state index < -0.39 is 14.9 Å². The van der Waals surface area contributed by atoms with Crippen molar-refractivity contribution in [2.45, 2.75) is 18.7 Å². The van der Waals surface area contributed by atoms with Gasteiger partial charge >= 0.3 is 0 Å². The van der Waals surface area contributed by atoms with Crippen LogP contribution in [-0.2, 0) is 10.0 Å². The van der Waals surface area contributed by atoms with Gasteiger partial charge in [0.25, 0.3) is 15.7 Å².